The van der Waals surface area contributed by atoms with E-state index in [0.717, 1.165) is 36.3 Å². The Labute approximate surface area is 207 Å². The van der Waals surface area contributed by atoms with E-state index in [9.17, 15) is 4.79 Å². The maximum Gasteiger partial charge on any atom is 0.241 e. The first-order chi connectivity index (χ1) is 16.8. The number of rotatable bonds is 8. The lowest BCUT2D eigenvalue weighted by molar-refractivity contribution is -0.127. The summed E-state index contributed by atoms with van der Waals surface area (Å²) < 4.78 is 11.0. The summed E-state index contributed by atoms with van der Waals surface area (Å²) in [5.41, 5.74) is 3.37. The number of piperidine rings is 1. The molecular weight excluding hydrogens is 440 g/mol. The van der Waals surface area contributed by atoms with Crippen LogP contribution in [0.4, 0.5) is 0 Å². The topological polar surface area (TPSA) is 80.5 Å². The summed E-state index contributed by atoms with van der Waals surface area (Å²) in [6, 6.07) is 16.2. The Morgan fingerprint density at radius 1 is 1.14 bits per heavy atom. The van der Waals surface area contributed by atoms with Gasteiger partial charge in [0, 0.05) is 18.7 Å². The summed E-state index contributed by atoms with van der Waals surface area (Å²) in [6.45, 7) is 11.9. The highest BCUT2D eigenvalue weighted by atomic mass is 16.5. The molecule has 3 aromatic rings. The smallest absolute Gasteiger partial charge is 0.241 e. The maximum absolute atomic E-state index is 12.8. The first-order valence-corrected chi connectivity index (χ1v) is 12.5. The third-order valence-electron chi connectivity index (χ3n) is 6.41. The van der Waals surface area contributed by atoms with Gasteiger partial charge >= 0.3 is 0 Å². The van der Waals surface area contributed by atoms with Crippen LogP contribution >= 0.6 is 0 Å². The molecule has 1 aromatic heterocycles. The number of hydrogen-bond donors (Lipinski definition) is 1. The van der Waals surface area contributed by atoms with Crippen LogP contribution in [0.1, 0.15) is 57.6 Å². The van der Waals surface area contributed by atoms with Gasteiger partial charge in [0.1, 0.15) is 5.75 Å². The van der Waals surface area contributed by atoms with Crippen molar-refractivity contribution >= 4 is 5.91 Å². The SMILES string of the molecule is CCOc1ccc(CNC(=O)C2CCCN(Cc3nc(-c4ccc(C(C)(C)C)cc4)no3)C2)cc1. The summed E-state index contributed by atoms with van der Waals surface area (Å²) in [4.78, 5) is 19.6. The molecule has 1 fully saturated rings. The van der Waals surface area contributed by atoms with E-state index in [2.05, 4.69) is 53.3 Å². The highest BCUT2D eigenvalue weighted by molar-refractivity contribution is 5.79. The number of nitrogens with one attached hydrogen (secondary N) is 1. The molecule has 0 spiro atoms. The Kier molecular flexibility index (Phi) is 7.86. The molecule has 1 aliphatic heterocycles. The summed E-state index contributed by atoms with van der Waals surface area (Å²) >= 11 is 0. The summed E-state index contributed by atoms with van der Waals surface area (Å²) in [5, 5.41) is 7.27. The van der Waals surface area contributed by atoms with Crippen LogP contribution < -0.4 is 10.1 Å². The van der Waals surface area contributed by atoms with Crippen LogP contribution in [0, 0.1) is 5.92 Å². The molecule has 2 aromatic carbocycles. The summed E-state index contributed by atoms with van der Waals surface area (Å²) in [7, 11) is 0. The molecule has 0 radical (unpaired) electrons. The van der Waals surface area contributed by atoms with Gasteiger partial charge in [-0.1, -0.05) is 62.3 Å². The molecule has 1 saturated heterocycles. The summed E-state index contributed by atoms with van der Waals surface area (Å²) in [5.74, 6) is 2.07. The number of benzene rings is 2. The van der Waals surface area contributed by atoms with Crippen LogP contribution in [0.2, 0.25) is 0 Å². The van der Waals surface area contributed by atoms with Gasteiger partial charge in [-0.3, -0.25) is 9.69 Å². The Morgan fingerprint density at radius 2 is 1.89 bits per heavy atom. The summed E-state index contributed by atoms with van der Waals surface area (Å²) in [6.07, 6.45) is 1.86. The van der Waals surface area contributed by atoms with Crippen molar-refractivity contribution in [2.75, 3.05) is 19.7 Å². The lowest BCUT2D eigenvalue weighted by Crippen LogP contribution is -2.42. The average molecular weight is 477 g/mol. The predicted octanol–water partition coefficient (Wildman–Crippen LogP) is 4.96. The van der Waals surface area contributed by atoms with Gasteiger partial charge in [-0.05, 0) is 55.0 Å². The van der Waals surface area contributed by atoms with Crippen molar-refractivity contribution in [2.24, 2.45) is 5.92 Å². The van der Waals surface area contributed by atoms with Gasteiger partial charge < -0.3 is 14.6 Å². The molecule has 35 heavy (non-hydrogen) atoms. The van der Waals surface area contributed by atoms with Crippen LogP contribution in [0.15, 0.2) is 53.1 Å². The fraction of sp³-hybridized carbons (Fsp3) is 0.464. The number of hydrogen-bond acceptors (Lipinski definition) is 6. The van der Waals surface area contributed by atoms with Gasteiger partial charge in [0.2, 0.25) is 17.6 Å². The van der Waals surface area contributed by atoms with Crippen LogP contribution in [0.25, 0.3) is 11.4 Å². The number of likely N-dealkylation sites (tertiary alicyclic amines) is 1. The Morgan fingerprint density at radius 3 is 2.57 bits per heavy atom. The van der Waals surface area contributed by atoms with E-state index in [-0.39, 0.29) is 17.2 Å². The molecule has 7 nitrogen and oxygen atoms in total. The third-order valence-corrected chi connectivity index (χ3v) is 6.41. The zero-order valence-electron chi connectivity index (χ0n) is 21.2. The third kappa shape index (κ3) is 6.69. The fourth-order valence-electron chi connectivity index (χ4n) is 4.36. The highest BCUT2D eigenvalue weighted by Gasteiger charge is 2.27. The van der Waals surface area contributed by atoms with Crippen molar-refractivity contribution in [3.05, 3.63) is 65.5 Å². The lowest BCUT2D eigenvalue weighted by atomic mass is 9.87. The second-order valence-corrected chi connectivity index (χ2v) is 10.2. The molecule has 1 unspecified atom stereocenters. The van der Waals surface area contributed by atoms with Gasteiger partial charge in [0.25, 0.3) is 0 Å². The number of carbonyl (C=O) groups is 1. The Bertz CT molecular complexity index is 1100. The quantitative estimate of drug-likeness (QED) is 0.495. The highest BCUT2D eigenvalue weighted by Crippen LogP contribution is 2.25. The average Bonchev–Trinajstić information content (AvgIpc) is 3.32. The fourth-order valence-corrected chi connectivity index (χ4v) is 4.36. The number of aromatic nitrogens is 2. The van der Waals surface area contributed by atoms with Gasteiger partial charge in [0.15, 0.2) is 0 Å². The first-order valence-electron chi connectivity index (χ1n) is 12.5. The molecule has 0 bridgehead atoms. The monoisotopic (exact) mass is 476 g/mol. The standard InChI is InChI=1S/C28H36N4O3/c1-5-34-24-14-8-20(9-15-24)17-29-27(33)22-7-6-16-32(18-22)19-25-30-26(31-35-25)21-10-12-23(13-11-21)28(2,3)4/h8-15,22H,5-7,16-19H2,1-4H3,(H,29,33). The van der Waals surface area contributed by atoms with Gasteiger partial charge in [-0.15, -0.1) is 0 Å². The van der Waals surface area contributed by atoms with E-state index >= 15 is 0 Å². The van der Waals surface area contributed by atoms with Crippen molar-refractivity contribution < 1.29 is 14.1 Å². The second-order valence-electron chi connectivity index (χ2n) is 10.2. The maximum atomic E-state index is 12.8. The number of ether oxygens (including phenoxy) is 1. The predicted molar refractivity (Wildman–Crippen MR) is 136 cm³/mol. The van der Waals surface area contributed by atoms with Crippen molar-refractivity contribution in [1.29, 1.82) is 0 Å². The van der Waals surface area contributed by atoms with E-state index in [1.165, 1.54) is 5.56 Å². The van der Waals surface area contributed by atoms with Crippen molar-refractivity contribution in [3.63, 3.8) is 0 Å². The van der Waals surface area contributed by atoms with E-state index in [0.29, 0.717) is 38.0 Å². The molecule has 1 amide bonds. The largest absolute Gasteiger partial charge is 0.494 e. The van der Waals surface area contributed by atoms with Crippen LogP contribution in [-0.2, 0) is 23.3 Å². The molecule has 0 aliphatic carbocycles. The normalized spacial score (nSPS) is 16.7. The van der Waals surface area contributed by atoms with E-state index in [4.69, 9.17) is 9.26 Å². The Hall–Kier alpha value is -3.19. The molecule has 2 heterocycles. The van der Waals surface area contributed by atoms with Crippen molar-refractivity contribution in [1.82, 2.24) is 20.4 Å². The zero-order valence-corrected chi connectivity index (χ0v) is 21.2. The van der Waals surface area contributed by atoms with Crippen molar-refractivity contribution in [2.45, 2.75) is 59.0 Å². The minimum atomic E-state index is -0.0428. The van der Waals surface area contributed by atoms with Crippen LogP contribution in [-0.4, -0.2) is 40.6 Å². The minimum Gasteiger partial charge on any atom is -0.494 e. The van der Waals surface area contributed by atoms with Gasteiger partial charge in [0.05, 0.1) is 19.1 Å². The van der Waals surface area contributed by atoms with E-state index in [1.807, 2.05) is 43.3 Å². The molecule has 186 valence electrons. The number of amides is 1. The first kappa shape index (κ1) is 24.9. The van der Waals surface area contributed by atoms with Crippen LogP contribution in [0.5, 0.6) is 5.75 Å². The Balaban J connectivity index is 1.29. The number of carbonyl (C=O) groups excluding carboxylic acids is 1. The van der Waals surface area contributed by atoms with Gasteiger partial charge in [-0.2, -0.15) is 4.98 Å². The van der Waals surface area contributed by atoms with Crippen LogP contribution in [0.3, 0.4) is 0 Å². The van der Waals surface area contributed by atoms with E-state index in [1.54, 1.807) is 0 Å². The minimum absolute atomic E-state index is 0.0428. The molecule has 4 rings (SSSR count). The van der Waals surface area contributed by atoms with Gasteiger partial charge in [-0.25, -0.2) is 0 Å². The van der Waals surface area contributed by atoms with Crippen molar-refractivity contribution in [3.8, 4) is 17.1 Å². The zero-order chi connectivity index (χ0) is 24.8. The molecular formula is C28H36N4O3. The molecule has 1 aliphatic rings. The lowest BCUT2D eigenvalue weighted by Gasteiger charge is -2.30. The molecule has 0 saturated carbocycles. The molecule has 1 atom stereocenters. The molecule has 7 heteroatoms. The molecule has 1 N–H and O–H groups in total. The second kappa shape index (κ2) is 11.0. The van der Waals surface area contributed by atoms with E-state index < -0.39 is 0 Å². The number of nitrogens with zero attached hydrogens (tertiary/aromatic N) is 3.